The Hall–Kier alpha value is -0.700. The van der Waals surface area contributed by atoms with Crippen molar-refractivity contribution >= 4 is 15.9 Å². The molecule has 1 aromatic rings. The van der Waals surface area contributed by atoms with Crippen LogP contribution in [-0.4, -0.2) is 19.0 Å². The van der Waals surface area contributed by atoms with E-state index in [1.807, 2.05) is 6.07 Å². The van der Waals surface area contributed by atoms with E-state index < -0.39 is 0 Å². The number of benzene rings is 1. The van der Waals surface area contributed by atoms with Crippen molar-refractivity contribution in [2.45, 2.75) is 56.2 Å². The lowest BCUT2D eigenvalue weighted by atomic mass is 9.93. The van der Waals surface area contributed by atoms with Crippen LogP contribution in [0.1, 0.15) is 50.5 Å². The second-order valence-corrected chi connectivity index (χ2v) is 7.38. The highest BCUT2D eigenvalue weighted by molar-refractivity contribution is 9.09. The lowest BCUT2D eigenvalue weighted by Crippen LogP contribution is -2.10. The van der Waals surface area contributed by atoms with E-state index in [4.69, 9.17) is 9.47 Å². The predicted octanol–water partition coefficient (Wildman–Crippen LogP) is 5.37. The van der Waals surface area contributed by atoms with Gasteiger partial charge >= 0.3 is 0 Å². The van der Waals surface area contributed by atoms with Crippen LogP contribution in [0.15, 0.2) is 18.2 Å². The molecule has 1 aliphatic carbocycles. The van der Waals surface area contributed by atoms with E-state index in [0.29, 0.717) is 4.83 Å². The van der Waals surface area contributed by atoms with E-state index in [0.717, 1.165) is 23.8 Å². The molecule has 1 fully saturated rings. The van der Waals surface area contributed by atoms with Gasteiger partial charge in [-0.1, -0.05) is 60.5 Å². The predicted molar refractivity (Wildman–Crippen MR) is 91.8 cm³/mol. The standard InChI is InChI=1S/C18H27BrO2/c1-20-17-10-9-15(13-18(17)21-2)12-16(19)11-14-7-5-3-4-6-8-14/h9-10,13-14,16H,3-8,11-12H2,1-2H3. The molecular weight excluding hydrogens is 328 g/mol. The Morgan fingerprint density at radius 2 is 1.71 bits per heavy atom. The highest BCUT2D eigenvalue weighted by Gasteiger charge is 2.17. The van der Waals surface area contributed by atoms with Crippen molar-refractivity contribution in [1.82, 2.24) is 0 Å². The maximum atomic E-state index is 5.38. The maximum Gasteiger partial charge on any atom is 0.160 e. The summed E-state index contributed by atoms with van der Waals surface area (Å²) in [4.78, 5) is 0.554. The molecule has 0 heterocycles. The third-order valence-electron chi connectivity index (χ3n) is 4.47. The largest absolute Gasteiger partial charge is 0.493 e. The van der Waals surface area contributed by atoms with Crippen LogP contribution in [0.25, 0.3) is 0 Å². The average Bonchev–Trinajstić information content (AvgIpc) is 2.75. The SMILES string of the molecule is COc1ccc(CC(Br)CC2CCCCCC2)cc1OC. The number of hydrogen-bond donors (Lipinski definition) is 0. The first kappa shape index (κ1) is 16.7. The monoisotopic (exact) mass is 354 g/mol. The van der Waals surface area contributed by atoms with Crippen LogP contribution in [0, 0.1) is 5.92 Å². The molecule has 0 radical (unpaired) electrons. The average molecular weight is 355 g/mol. The van der Waals surface area contributed by atoms with Crippen molar-refractivity contribution in [1.29, 1.82) is 0 Å². The molecule has 0 amide bonds. The van der Waals surface area contributed by atoms with E-state index in [1.54, 1.807) is 14.2 Å². The van der Waals surface area contributed by atoms with Gasteiger partial charge in [-0.2, -0.15) is 0 Å². The van der Waals surface area contributed by atoms with Crippen LogP contribution in [-0.2, 0) is 6.42 Å². The fourth-order valence-corrected chi connectivity index (χ4v) is 4.21. The first-order valence-electron chi connectivity index (χ1n) is 8.08. The number of methoxy groups -OCH3 is 2. The molecule has 2 nitrogen and oxygen atoms in total. The van der Waals surface area contributed by atoms with Gasteiger partial charge in [-0.05, 0) is 36.5 Å². The lowest BCUT2D eigenvalue weighted by molar-refractivity contribution is 0.354. The molecule has 118 valence electrons. The summed E-state index contributed by atoms with van der Waals surface area (Å²) < 4.78 is 10.7. The van der Waals surface area contributed by atoms with Crippen molar-refractivity contribution < 1.29 is 9.47 Å². The number of alkyl halides is 1. The molecule has 1 saturated carbocycles. The molecule has 3 heteroatoms. The summed E-state index contributed by atoms with van der Waals surface area (Å²) in [5, 5.41) is 0. The van der Waals surface area contributed by atoms with Gasteiger partial charge in [-0.25, -0.2) is 0 Å². The smallest absolute Gasteiger partial charge is 0.160 e. The maximum absolute atomic E-state index is 5.38. The van der Waals surface area contributed by atoms with Gasteiger partial charge in [-0.15, -0.1) is 0 Å². The second-order valence-electron chi connectivity index (χ2n) is 6.08. The molecule has 1 unspecified atom stereocenters. The minimum Gasteiger partial charge on any atom is -0.493 e. The van der Waals surface area contributed by atoms with Crippen LogP contribution >= 0.6 is 15.9 Å². The van der Waals surface area contributed by atoms with Crippen LogP contribution in [0.3, 0.4) is 0 Å². The van der Waals surface area contributed by atoms with E-state index in [-0.39, 0.29) is 0 Å². The van der Waals surface area contributed by atoms with E-state index in [2.05, 4.69) is 28.1 Å². The minimum atomic E-state index is 0.554. The quantitative estimate of drug-likeness (QED) is 0.504. The molecule has 0 bridgehead atoms. The lowest BCUT2D eigenvalue weighted by Gasteiger charge is -2.18. The van der Waals surface area contributed by atoms with E-state index in [9.17, 15) is 0 Å². The zero-order valence-electron chi connectivity index (χ0n) is 13.2. The Kier molecular flexibility index (Phi) is 6.88. The highest BCUT2D eigenvalue weighted by Crippen LogP contribution is 2.32. The molecule has 1 atom stereocenters. The van der Waals surface area contributed by atoms with Gasteiger partial charge in [0.05, 0.1) is 14.2 Å². The van der Waals surface area contributed by atoms with Gasteiger partial charge in [-0.3, -0.25) is 0 Å². The van der Waals surface area contributed by atoms with E-state index >= 15 is 0 Å². The molecule has 1 aliphatic rings. The van der Waals surface area contributed by atoms with E-state index in [1.165, 1.54) is 50.5 Å². The highest BCUT2D eigenvalue weighted by atomic mass is 79.9. The Labute approximate surface area is 137 Å². The molecule has 0 saturated heterocycles. The fourth-order valence-electron chi connectivity index (χ4n) is 3.31. The molecule has 21 heavy (non-hydrogen) atoms. The van der Waals surface area contributed by atoms with Crippen LogP contribution in [0.4, 0.5) is 0 Å². The van der Waals surface area contributed by atoms with Crippen molar-refractivity contribution in [3.05, 3.63) is 23.8 Å². The molecular formula is C18H27BrO2. The van der Waals surface area contributed by atoms with Gasteiger partial charge in [0.1, 0.15) is 0 Å². The first-order valence-corrected chi connectivity index (χ1v) is 8.99. The Morgan fingerprint density at radius 1 is 1.05 bits per heavy atom. The van der Waals surface area contributed by atoms with Crippen LogP contribution < -0.4 is 9.47 Å². The Balaban J connectivity index is 1.90. The van der Waals surface area contributed by atoms with Crippen molar-refractivity contribution in [2.75, 3.05) is 14.2 Å². The van der Waals surface area contributed by atoms with Gasteiger partial charge in [0.25, 0.3) is 0 Å². The van der Waals surface area contributed by atoms with Crippen LogP contribution in [0.5, 0.6) is 11.5 Å². The van der Waals surface area contributed by atoms with Gasteiger partial charge in [0.15, 0.2) is 11.5 Å². The third-order valence-corrected chi connectivity index (χ3v) is 5.17. The normalized spacial score (nSPS) is 18.0. The summed E-state index contributed by atoms with van der Waals surface area (Å²) in [6.45, 7) is 0. The number of rotatable bonds is 6. The molecule has 0 spiro atoms. The minimum absolute atomic E-state index is 0.554. The first-order chi connectivity index (χ1) is 10.2. The summed E-state index contributed by atoms with van der Waals surface area (Å²) in [5.41, 5.74) is 1.31. The number of ether oxygens (including phenoxy) is 2. The van der Waals surface area contributed by atoms with Crippen molar-refractivity contribution in [3.8, 4) is 11.5 Å². The molecule has 0 aliphatic heterocycles. The zero-order valence-corrected chi connectivity index (χ0v) is 14.8. The third kappa shape index (κ3) is 5.21. The molecule has 1 aromatic carbocycles. The summed E-state index contributed by atoms with van der Waals surface area (Å²) in [5.74, 6) is 2.53. The summed E-state index contributed by atoms with van der Waals surface area (Å²) in [6.07, 6.45) is 10.9. The fraction of sp³-hybridized carbons (Fsp3) is 0.667. The topological polar surface area (TPSA) is 18.5 Å². The van der Waals surface area contributed by atoms with Gasteiger partial charge in [0, 0.05) is 4.83 Å². The van der Waals surface area contributed by atoms with Crippen LogP contribution in [0.2, 0.25) is 0 Å². The summed E-state index contributed by atoms with van der Waals surface area (Å²) in [6, 6.07) is 6.24. The number of halogens is 1. The molecule has 0 aromatic heterocycles. The number of hydrogen-bond acceptors (Lipinski definition) is 2. The summed E-state index contributed by atoms with van der Waals surface area (Å²) >= 11 is 3.89. The van der Waals surface area contributed by atoms with Gasteiger partial charge in [0.2, 0.25) is 0 Å². The Bertz CT molecular complexity index is 425. The zero-order chi connectivity index (χ0) is 15.1. The summed E-state index contributed by atoms with van der Waals surface area (Å²) in [7, 11) is 3.37. The van der Waals surface area contributed by atoms with Gasteiger partial charge < -0.3 is 9.47 Å². The molecule has 2 rings (SSSR count). The second kappa shape index (κ2) is 8.67. The van der Waals surface area contributed by atoms with Crippen molar-refractivity contribution in [2.24, 2.45) is 5.92 Å². The van der Waals surface area contributed by atoms with Crippen molar-refractivity contribution in [3.63, 3.8) is 0 Å². The Morgan fingerprint density at radius 3 is 2.33 bits per heavy atom. The molecule has 0 N–H and O–H groups in total.